The number of hydrogen-bond acceptors (Lipinski definition) is 1. The lowest BCUT2D eigenvalue weighted by Crippen LogP contribution is -2.40. The fourth-order valence-corrected chi connectivity index (χ4v) is 2.97. The molecule has 0 amide bonds. The van der Waals surface area contributed by atoms with Crippen LogP contribution in [0.3, 0.4) is 0 Å². The van der Waals surface area contributed by atoms with E-state index in [4.69, 9.17) is 23.2 Å². The molecule has 1 aromatic rings. The standard InChI is InChI=1S/C15H21Cl2N3.HI/c1-18-15(20-9-2-3-10-20)19-8-4-5-12-6-7-13(16)11-14(12)17;/h6-7,11H,2-5,8-10H2,1H3,(H,18,19);1H. The molecule has 3 nitrogen and oxygen atoms in total. The van der Waals surface area contributed by atoms with Crippen molar-refractivity contribution in [2.45, 2.75) is 25.7 Å². The van der Waals surface area contributed by atoms with E-state index in [1.54, 1.807) is 6.07 Å². The third-order valence-corrected chi connectivity index (χ3v) is 4.13. The average molecular weight is 442 g/mol. The summed E-state index contributed by atoms with van der Waals surface area (Å²) in [7, 11) is 1.84. The van der Waals surface area contributed by atoms with Crippen molar-refractivity contribution in [1.29, 1.82) is 0 Å². The fraction of sp³-hybridized carbons (Fsp3) is 0.533. The van der Waals surface area contributed by atoms with Gasteiger partial charge in [-0.2, -0.15) is 0 Å². The maximum absolute atomic E-state index is 6.17. The minimum Gasteiger partial charge on any atom is -0.356 e. The van der Waals surface area contributed by atoms with Crippen molar-refractivity contribution in [2.75, 3.05) is 26.7 Å². The number of benzene rings is 1. The number of aryl methyl sites for hydroxylation is 1. The lowest BCUT2D eigenvalue weighted by atomic mass is 10.1. The number of guanidine groups is 1. The number of nitrogens with zero attached hydrogens (tertiary/aromatic N) is 2. The summed E-state index contributed by atoms with van der Waals surface area (Å²) in [4.78, 5) is 6.65. The van der Waals surface area contributed by atoms with Gasteiger partial charge < -0.3 is 10.2 Å². The molecule has 0 atom stereocenters. The predicted molar refractivity (Wildman–Crippen MR) is 102 cm³/mol. The van der Waals surface area contributed by atoms with Crippen molar-refractivity contribution in [3.63, 3.8) is 0 Å². The summed E-state index contributed by atoms with van der Waals surface area (Å²) in [6.07, 6.45) is 4.50. The Bertz CT molecular complexity index is 474. The smallest absolute Gasteiger partial charge is 0.193 e. The predicted octanol–water partition coefficient (Wildman–Crippen LogP) is 4.22. The second-order valence-electron chi connectivity index (χ2n) is 5.01. The van der Waals surface area contributed by atoms with Gasteiger partial charge in [0.2, 0.25) is 0 Å². The second kappa shape index (κ2) is 9.74. The highest BCUT2D eigenvalue weighted by molar-refractivity contribution is 14.0. The third kappa shape index (κ3) is 5.83. The molecule has 1 saturated heterocycles. The molecule has 0 aliphatic carbocycles. The Kier molecular flexibility index (Phi) is 8.74. The molecular formula is C15H22Cl2IN3. The molecule has 0 radical (unpaired) electrons. The number of halogens is 3. The Morgan fingerprint density at radius 1 is 1.29 bits per heavy atom. The van der Waals surface area contributed by atoms with E-state index >= 15 is 0 Å². The molecule has 0 saturated carbocycles. The summed E-state index contributed by atoms with van der Waals surface area (Å²) in [5.74, 6) is 1.02. The first-order valence-corrected chi connectivity index (χ1v) is 7.86. The fourth-order valence-electron chi connectivity index (χ4n) is 2.46. The Balaban J connectivity index is 0.00000220. The van der Waals surface area contributed by atoms with Gasteiger partial charge >= 0.3 is 0 Å². The Morgan fingerprint density at radius 3 is 2.62 bits per heavy atom. The normalized spacial score (nSPS) is 15.0. The molecule has 21 heavy (non-hydrogen) atoms. The van der Waals surface area contributed by atoms with E-state index in [1.807, 2.05) is 19.2 Å². The van der Waals surface area contributed by atoms with E-state index in [0.717, 1.165) is 49.0 Å². The van der Waals surface area contributed by atoms with Crippen LogP contribution in [0.4, 0.5) is 0 Å². The van der Waals surface area contributed by atoms with Crippen molar-refractivity contribution in [3.8, 4) is 0 Å². The molecule has 0 unspecified atom stereocenters. The van der Waals surface area contributed by atoms with Crippen LogP contribution in [0, 0.1) is 0 Å². The molecule has 1 aliphatic heterocycles. The van der Waals surface area contributed by atoms with Crippen LogP contribution in [-0.4, -0.2) is 37.5 Å². The van der Waals surface area contributed by atoms with Crippen LogP contribution in [0.25, 0.3) is 0 Å². The molecule has 2 rings (SSSR count). The van der Waals surface area contributed by atoms with Gasteiger partial charge in [0.25, 0.3) is 0 Å². The highest BCUT2D eigenvalue weighted by Crippen LogP contribution is 2.21. The molecule has 6 heteroatoms. The van der Waals surface area contributed by atoms with E-state index in [1.165, 1.54) is 12.8 Å². The van der Waals surface area contributed by atoms with E-state index in [0.29, 0.717) is 5.02 Å². The molecule has 1 fully saturated rings. The zero-order chi connectivity index (χ0) is 14.4. The largest absolute Gasteiger partial charge is 0.356 e. The Hall–Kier alpha value is -0.200. The van der Waals surface area contributed by atoms with Gasteiger partial charge in [0.05, 0.1) is 0 Å². The highest BCUT2D eigenvalue weighted by Gasteiger charge is 2.14. The first-order valence-electron chi connectivity index (χ1n) is 7.10. The minimum absolute atomic E-state index is 0. The number of rotatable bonds is 4. The summed E-state index contributed by atoms with van der Waals surface area (Å²) in [6.45, 7) is 3.13. The van der Waals surface area contributed by atoms with E-state index in [9.17, 15) is 0 Å². The van der Waals surface area contributed by atoms with E-state index in [2.05, 4.69) is 15.2 Å². The molecule has 0 spiro atoms. The van der Waals surface area contributed by atoms with Gasteiger partial charge in [-0.3, -0.25) is 4.99 Å². The second-order valence-corrected chi connectivity index (χ2v) is 5.85. The molecular weight excluding hydrogens is 420 g/mol. The maximum atomic E-state index is 6.17. The molecule has 1 aliphatic rings. The van der Waals surface area contributed by atoms with Crippen LogP contribution < -0.4 is 5.32 Å². The van der Waals surface area contributed by atoms with Crippen molar-refractivity contribution in [3.05, 3.63) is 33.8 Å². The number of likely N-dealkylation sites (tertiary alicyclic amines) is 1. The molecule has 1 N–H and O–H groups in total. The number of hydrogen-bond donors (Lipinski definition) is 1. The van der Waals surface area contributed by atoms with Crippen molar-refractivity contribution in [1.82, 2.24) is 10.2 Å². The first-order chi connectivity index (χ1) is 9.70. The van der Waals surface area contributed by atoms with Crippen molar-refractivity contribution >= 4 is 53.1 Å². The van der Waals surface area contributed by atoms with Crippen LogP contribution in [0.5, 0.6) is 0 Å². The molecule has 1 aromatic carbocycles. The lowest BCUT2D eigenvalue weighted by molar-refractivity contribution is 0.492. The van der Waals surface area contributed by atoms with Gasteiger partial charge in [0.1, 0.15) is 0 Å². The SMILES string of the molecule is CN=C(NCCCc1ccc(Cl)cc1Cl)N1CCCC1.I. The Labute approximate surface area is 154 Å². The zero-order valence-electron chi connectivity index (χ0n) is 12.2. The van der Waals surface area contributed by atoms with Crippen molar-refractivity contribution in [2.24, 2.45) is 4.99 Å². The zero-order valence-corrected chi connectivity index (χ0v) is 16.1. The number of nitrogens with one attached hydrogen (secondary N) is 1. The van der Waals surface area contributed by atoms with Crippen LogP contribution in [0.1, 0.15) is 24.8 Å². The summed E-state index contributed by atoms with van der Waals surface area (Å²) in [6, 6.07) is 5.69. The summed E-state index contributed by atoms with van der Waals surface area (Å²) < 4.78 is 0. The molecule has 0 bridgehead atoms. The monoisotopic (exact) mass is 441 g/mol. The van der Waals surface area contributed by atoms with Gasteiger partial charge in [0, 0.05) is 36.7 Å². The van der Waals surface area contributed by atoms with Gasteiger partial charge in [-0.05, 0) is 43.4 Å². The quantitative estimate of drug-likeness (QED) is 0.328. The van der Waals surface area contributed by atoms with Crippen LogP contribution >= 0.6 is 47.2 Å². The van der Waals surface area contributed by atoms with Gasteiger partial charge in [-0.1, -0.05) is 29.3 Å². The average Bonchev–Trinajstić information content (AvgIpc) is 2.95. The van der Waals surface area contributed by atoms with Crippen LogP contribution in [-0.2, 0) is 6.42 Å². The highest BCUT2D eigenvalue weighted by atomic mass is 127. The summed E-state index contributed by atoms with van der Waals surface area (Å²) in [5, 5.41) is 4.86. The maximum Gasteiger partial charge on any atom is 0.193 e. The van der Waals surface area contributed by atoms with Crippen LogP contribution in [0.2, 0.25) is 10.0 Å². The lowest BCUT2D eigenvalue weighted by Gasteiger charge is -2.20. The molecule has 1 heterocycles. The number of aliphatic imine (C=N–C) groups is 1. The third-order valence-electron chi connectivity index (χ3n) is 3.54. The molecule has 0 aromatic heterocycles. The topological polar surface area (TPSA) is 27.6 Å². The van der Waals surface area contributed by atoms with E-state index < -0.39 is 0 Å². The molecule has 118 valence electrons. The van der Waals surface area contributed by atoms with Crippen molar-refractivity contribution < 1.29 is 0 Å². The van der Waals surface area contributed by atoms with Gasteiger partial charge in [-0.25, -0.2) is 0 Å². The Morgan fingerprint density at radius 2 is 2.00 bits per heavy atom. The van der Waals surface area contributed by atoms with E-state index in [-0.39, 0.29) is 24.0 Å². The first kappa shape index (κ1) is 18.8. The van der Waals surface area contributed by atoms with Gasteiger partial charge in [-0.15, -0.1) is 24.0 Å². The summed E-state index contributed by atoms with van der Waals surface area (Å²) in [5.41, 5.74) is 1.15. The minimum atomic E-state index is 0. The summed E-state index contributed by atoms with van der Waals surface area (Å²) >= 11 is 12.1. The van der Waals surface area contributed by atoms with Gasteiger partial charge in [0.15, 0.2) is 5.96 Å². The van der Waals surface area contributed by atoms with Crippen LogP contribution in [0.15, 0.2) is 23.2 Å².